The number of rotatable bonds is 10. The number of carboxylic acid groups (broad SMARTS) is 1. The Morgan fingerprint density at radius 3 is 2.47 bits per heavy atom. The maximum Gasteiger partial charge on any atom is 0.339 e. The number of fused-ring (bicyclic) bond motifs is 1. The second-order valence-corrected chi connectivity index (χ2v) is 9.93. The molecule has 0 unspecified atom stereocenters. The molecular weight excluding hydrogens is 486 g/mol. The molecule has 8 nitrogen and oxygen atoms in total. The third kappa shape index (κ3) is 6.03. The van der Waals surface area contributed by atoms with Crippen LogP contribution in [0.25, 0.3) is 0 Å². The fourth-order valence-corrected chi connectivity index (χ4v) is 5.10. The van der Waals surface area contributed by atoms with Crippen molar-refractivity contribution < 1.29 is 34.0 Å². The molecule has 1 atom stereocenters. The van der Waals surface area contributed by atoms with Gasteiger partial charge in [0, 0.05) is 45.0 Å². The van der Waals surface area contributed by atoms with Gasteiger partial charge < -0.3 is 34.1 Å². The number of ether oxygens (including phenoxy) is 4. The van der Waals surface area contributed by atoms with Crippen molar-refractivity contribution in [1.82, 2.24) is 4.90 Å². The van der Waals surface area contributed by atoms with Gasteiger partial charge in [-0.2, -0.15) is 0 Å². The van der Waals surface area contributed by atoms with E-state index in [4.69, 9.17) is 18.9 Å². The van der Waals surface area contributed by atoms with Crippen LogP contribution < -0.4 is 18.9 Å². The van der Waals surface area contributed by atoms with Gasteiger partial charge in [0.05, 0.1) is 7.11 Å². The Labute approximate surface area is 222 Å². The van der Waals surface area contributed by atoms with Gasteiger partial charge in [-0.3, -0.25) is 0 Å². The van der Waals surface area contributed by atoms with E-state index in [-0.39, 0.29) is 23.5 Å². The summed E-state index contributed by atoms with van der Waals surface area (Å²) in [7, 11) is 1.61. The summed E-state index contributed by atoms with van der Waals surface area (Å²) in [6.07, 6.45) is 1.95. The molecule has 0 bridgehead atoms. The van der Waals surface area contributed by atoms with E-state index < -0.39 is 12.1 Å². The number of carboxylic acids is 1. The van der Waals surface area contributed by atoms with Crippen LogP contribution in [0.5, 0.6) is 23.0 Å². The standard InChI is InChI=1S/C30H33NO7/c1-35-24-8-6-21(7-9-24)19-36-25-10-11-26(29(33)34)28(16-25)37-20-23(32)18-31-14-12-30(13-15-31)17-22-4-2-3-5-27(22)38-30/h2-11,16,23,32H,12-15,17-20H2,1H3,(H,33,34)/t23-/m1/s1. The number of aliphatic hydroxyl groups is 1. The molecule has 1 saturated heterocycles. The molecule has 3 aromatic carbocycles. The van der Waals surface area contributed by atoms with Crippen LogP contribution in [0.3, 0.4) is 0 Å². The number of carbonyl (C=O) groups is 1. The minimum absolute atomic E-state index is 0.0202. The molecule has 0 saturated carbocycles. The van der Waals surface area contributed by atoms with Crippen molar-refractivity contribution in [2.75, 3.05) is 33.4 Å². The maximum atomic E-state index is 11.7. The summed E-state index contributed by atoms with van der Waals surface area (Å²) < 4.78 is 23.1. The van der Waals surface area contributed by atoms with E-state index in [0.29, 0.717) is 18.9 Å². The number of para-hydroxylation sites is 1. The number of likely N-dealkylation sites (tertiary alicyclic amines) is 1. The third-order valence-electron chi connectivity index (χ3n) is 7.23. The summed E-state index contributed by atoms with van der Waals surface area (Å²) in [5.41, 5.74) is 2.08. The van der Waals surface area contributed by atoms with Crippen molar-refractivity contribution in [3.05, 3.63) is 83.4 Å². The number of benzene rings is 3. The number of β-amino-alcohol motifs (C(OH)–C–C–N with tert-alkyl or cyclic N) is 1. The Hall–Kier alpha value is -3.75. The highest BCUT2D eigenvalue weighted by Gasteiger charge is 2.41. The minimum atomic E-state index is -1.10. The molecule has 1 spiro atoms. The van der Waals surface area contributed by atoms with E-state index in [9.17, 15) is 15.0 Å². The highest BCUT2D eigenvalue weighted by atomic mass is 16.5. The number of hydrogen-bond acceptors (Lipinski definition) is 7. The Kier molecular flexibility index (Phi) is 7.72. The van der Waals surface area contributed by atoms with Crippen molar-refractivity contribution in [2.45, 2.75) is 37.6 Å². The second kappa shape index (κ2) is 11.3. The molecular formula is C30H33NO7. The van der Waals surface area contributed by atoms with Gasteiger partial charge in [-0.1, -0.05) is 30.3 Å². The van der Waals surface area contributed by atoms with Crippen molar-refractivity contribution in [3.63, 3.8) is 0 Å². The number of nitrogens with zero attached hydrogens (tertiary/aromatic N) is 1. The van der Waals surface area contributed by atoms with Gasteiger partial charge in [0.25, 0.3) is 0 Å². The number of piperidine rings is 1. The number of aliphatic hydroxyl groups excluding tert-OH is 1. The minimum Gasteiger partial charge on any atom is -0.497 e. The summed E-state index contributed by atoms with van der Waals surface area (Å²) >= 11 is 0. The van der Waals surface area contributed by atoms with Gasteiger partial charge >= 0.3 is 5.97 Å². The molecule has 0 amide bonds. The summed E-state index contributed by atoms with van der Waals surface area (Å²) in [5.74, 6) is 1.29. The monoisotopic (exact) mass is 519 g/mol. The summed E-state index contributed by atoms with van der Waals surface area (Å²) in [4.78, 5) is 13.9. The van der Waals surface area contributed by atoms with E-state index in [1.54, 1.807) is 19.2 Å². The normalized spacial score (nSPS) is 16.9. The maximum absolute atomic E-state index is 11.7. The zero-order chi connectivity index (χ0) is 26.5. The third-order valence-corrected chi connectivity index (χ3v) is 7.23. The quantitative estimate of drug-likeness (QED) is 0.412. The van der Waals surface area contributed by atoms with Gasteiger partial charge in [0.1, 0.15) is 53.5 Å². The lowest BCUT2D eigenvalue weighted by molar-refractivity contribution is -0.00204. The van der Waals surface area contributed by atoms with Gasteiger partial charge in [-0.15, -0.1) is 0 Å². The SMILES string of the molecule is COc1ccc(COc2ccc(C(=O)O)c(OC[C@H](O)CN3CCC4(CC3)Cc3ccccc3O4)c2)cc1. The number of aromatic carboxylic acids is 1. The van der Waals surface area contributed by atoms with Crippen molar-refractivity contribution in [2.24, 2.45) is 0 Å². The zero-order valence-electron chi connectivity index (χ0n) is 21.5. The van der Waals surface area contributed by atoms with E-state index in [1.807, 2.05) is 42.5 Å². The predicted octanol–water partition coefficient (Wildman–Crippen LogP) is 4.18. The van der Waals surface area contributed by atoms with Crippen LogP contribution in [0.1, 0.15) is 34.3 Å². The van der Waals surface area contributed by atoms with Crippen LogP contribution in [0.2, 0.25) is 0 Å². The van der Waals surface area contributed by atoms with Crippen LogP contribution in [-0.2, 0) is 13.0 Å². The molecule has 38 heavy (non-hydrogen) atoms. The predicted molar refractivity (Wildman–Crippen MR) is 141 cm³/mol. The lowest BCUT2D eigenvalue weighted by Crippen LogP contribution is -2.49. The first-order chi connectivity index (χ1) is 18.4. The van der Waals surface area contributed by atoms with E-state index in [2.05, 4.69) is 11.0 Å². The molecule has 0 radical (unpaired) electrons. The molecule has 8 heteroatoms. The molecule has 2 N–H and O–H groups in total. The highest BCUT2D eigenvalue weighted by Crippen LogP contribution is 2.40. The Balaban J connectivity index is 1.12. The number of methoxy groups -OCH3 is 1. The highest BCUT2D eigenvalue weighted by molar-refractivity contribution is 5.91. The molecule has 2 aliphatic rings. The van der Waals surface area contributed by atoms with Crippen molar-refractivity contribution >= 4 is 5.97 Å². The smallest absolute Gasteiger partial charge is 0.339 e. The van der Waals surface area contributed by atoms with Crippen LogP contribution in [0, 0.1) is 0 Å². The summed E-state index contributed by atoms with van der Waals surface area (Å²) in [6.45, 7) is 2.37. The zero-order valence-corrected chi connectivity index (χ0v) is 21.5. The average molecular weight is 520 g/mol. The second-order valence-electron chi connectivity index (χ2n) is 9.93. The first-order valence-corrected chi connectivity index (χ1v) is 12.9. The van der Waals surface area contributed by atoms with Gasteiger partial charge in [-0.05, 0) is 41.5 Å². The Morgan fingerprint density at radius 1 is 1.03 bits per heavy atom. The first kappa shape index (κ1) is 25.9. The van der Waals surface area contributed by atoms with Gasteiger partial charge in [0.15, 0.2) is 0 Å². The molecule has 5 rings (SSSR count). The van der Waals surface area contributed by atoms with Gasteiger partial charge in [0.2, 0.25) is 0 Å². The number of hydrogen-bond donors (Lipinski definition) is 2. The molecule has 3 aromatic rings. The topological polar surface area (TPSA) is 97.7 Å². The van der Waals surface area contributed by atoms with E-state index >= 15 is 0 Å². The Bertz CT molecular complexity index is 1220. The van der Waals surface area contributed by atoms with E-state index in [0.717, 1.165) is 49.4 Å². The molecule has 2 heterocycles. The average Bonchev–Trinajstić information content (AvgIpc) is 3.30. The largest absolute Gasteiger partial charge is 0.497 e. The van der Waals surface area contributed by atoms with Crippen LogP contribution in [0.15, 0.2) is 66.7 Å². The summed E-state index contributed by atoms with van der Waals surface area (Å²) in [5, 5.41) is 20.3. The molecule has 0 aliphatic carbocycles. The van der Waals surface area contributed by atoms with Crippen LogP contribution >= 0.6 is 0 Å². The van der Waals surface area contributed by atoms with Crippen LogP contribution in [-0.4, -0.2) is 66.1 Å². The lowest BCUT2D eigenvalue weighted by Gasteiger charge is -2.39. The first-order valence-electron chi connectivity index (χ1n) is 12.9. The molecule has 1 fully saturated rings. The fraction of sp³-hybridized carbons (Fsp3) is 0.367. The van der Waals surface area contributed by atoms with Crippen molar-refractivity contribution in [3.8, 4) is 23.0 Å². The molecule has 200 valence electrons. The Morgan fingerprint density at radius 2 is 1.76 bits per heavy atom. The van der Waals surface area contributed by atoms with Gasteiger partial charge in [-0.25, -0.2) is 4.79 Å². The van der Waals surface area contributed by atoms with Crippen molar-refractivity contribution in [1.29, 1.82) is 0 Å². The summed E-state index contributed by atoms with van der Waals surface area (Å²) in [6, 6.07) is 20.3. The molecule has 0 aromatic heterocycles. The fourth-order valence-electron chi connectivity index (χ4n) is 5.10. The lowest BCUT2D eigenvalue weighted by atomic mass is 9.87. The van der Waals surface area contributed by atoms with E-state index in [1.165, 1.54) is 11.6 Å². The van der Waals surface area contributed by atoms with Crippen LogP contribution in [0.4, 0.5) is 0 Å². The molecule has 2 aliphatic heterocycles.